The van der Waals surface area contributed by atoms with Crippen LogP contribution in [0.2, 0.25) is 0 Å². The van der Waals surface area contributed by atoms with Crippen LogP contribution in [0.15, 0.2) is 18.2 Å². The van der Waals surface area contributed by atoms with Gasteiger partial charge >= 0.3 is 0 Å². The van der Waals surface area contributed by atoms with E-state index in [4.69, 9.17) is 9.47 Å². The van der Waals surface area contributed by atoms with Crippen LogP contribution in [0, 0.1) is 5.82 Å². The van der Waals surface area contributed by atoms with E-state index in [1.165, 1.54) is 6.07 Å². The van der Waals surface area contributed by atoms with Crippen LogP contribution in [0.3, 0.4) is 0 Å². The fourth-order valence-electron chi connectivity index (χ4n) is 3.33. The first kappa shape index (κ1) is 13.8. The lowest BCUT2D eigenvalue weighted by molar-refractivity contribution is -0.126. The first-order chi connectivity index (χ1) is 9.65. The second-order valence-corrected chi connectivity index (χ2v) is 5.94. The van der Waals surface area contributed by atoms with Crippen LogP contribution in [-0.2, 0) is 4.74 Å². The number of rotatable bonds is 4. The number of hydrogen-bond donors (Lipinski definition) is 1. The number of ether oxygens (including phenoxy) is 2. The smallest absolute Gasteiger partial charge is 0.125 e. The van der Waals surface area contributed by atoms with Crippen LogP contribution in [-0.4, -0.2) is 25.4 Å². The van der Waals surface area contributed by atoms with E-state index >= 15 is 0 Å². The average molecular weight is 279 g/mol. The Bertz CT molecular complexity index is 485. The van der Waals surface area contributed by atoms with Gasteiger partial charge in [0.1, 0.15) is 17.2 Å². The molecule has 110 valence electrons. The summed E-state index contributed by atoms with van der Waals surface area (Å²) >= 11 is 0. The highest BCUT2D eigenvalue weighted by Gasteiger charge is 2.51. The summed E-state index contributed by atoms with van der Waals surface area (Å²) in [6, 6.07) is 5.00. The zero-order valence-corrected chi connectivity index (χ0v) is 12.1. The first-order valence-electron chi connectivity index (χ1n) is 7.40. The van der Waals surface area contributed by atoms with Crippen LogP contribution in [0.5, 0.6) is 5.75 Å². The van der Waals surface area contributed by atoms with E-state index in [1.807, 2.05) is 0 Å². The third-order valence-electron chi connectivity index (χ3n) is 4.42. The van der Waals surface area contributed by atoms with Crippen LogP contribution >= 0.6 is 0 Å². The lowest BCUT2D eigenvalue weighted by Gasteiger charge is -2.51. The van der Waals surface area contributed by atoms with Gasteiger partial charge in [0.05, 0.1) is 6.10 Å². The minimum atomic E-state index is -0.199. The second kappa shape index (κ2) is 5.34. The van der Waals surface area contributed by atoms with Gasteiger partial charge < -0.3 is 14.8 Å². The lowest BCUT2D eigenvalue weighted by Crippen LogP contribution is -2.56. The molecule has 1 unspecified atom stereocenters. The predicted molar refractivity (Wildman–Crippen MR) is 75.4 cm³/mol. The first-order valence-corrected chi connectivity index (χ1v) is 7.40. The van der Waals surface area contributed by atoms with Crippen LogP contribution in [0.4, 0.5) is 4.39 Å². The van der Waals surface area contributed by atoms with Crippen LogP contribution in [0.1, 0.15) is 44.2 Å². The third kappa shape index (κ3) is 2.42. The maximum absolute atomic E-state index is 13.5. The molecule has 1 heterocycles. The number of benzene rings is 1. The van der Waals surface area contributed by atoms with Crippen molar-refractivity contribution in [3.05, 3.63) is 29.6 Å². The molecule has 0 radical (unpaired) electrons. The van der Waals surface area contributed by atoms with Crippen molar-refractivity contribution in [3.63, 3.8) is 0 Å². The Morgan fingerprint density at radius 1 is 1.40 bits per heavy atom. The Morgan fingerprint density at radius 3 is 2.90 bits per heavy atom. The Balaban J connectivity index is 1.84. The fourth-order valence-corrected chi connectivity index (χ4v) is 3.33. The van der Waals surface area contributed by atoms with Crippen molar-refractivity contribution < 1.29 is 13.9 Å². The number of nitrogens with one attached hydrogen (secondary N) is 1. The average Bonchev–Trinajstić information content (AvgIpc) is 2.42. The van der Waals surface area contributed by atoms with Gasteiger partial charge in [-0.15, -0.1) is 0 Å². The van der Waals surface area contributed by atoms with E-state index in [2.05, 4.69) is 12.2 Å². The summed E-state index contributed by atoms with van der Waals surface area (Å²) in [5.74, 6) is 0.621. The Kier molecular flexibility index (Phi) is 3.69. The van der Waals surface area contributed by atoms with Crippen molar-refractivity contribution in [3.8, 4) is 5.75 Å². The van der Waals surface area contributed by atoms with Crippen LogP contribution in [0.25, 0.3) is 0 Å². The molecular formula is C16H22FNO2. The monoisotopic (exact) mass is 279 g/mol. The van der Waals surface area contributed by atoms with Gasteiger partial charge in [-0.05, 0) is 31.2 Å². The molecule has 0 saturated heterocycles. The molecule has 1 spiro atoms. The summed E-state index contributed by atoms with van der Waals surface area (Å²) in [5, 5.41) is 3.52. The van der Waals surface area contributed by atoms with Gasteiger partial charge in [0, 0.05) is 38.0 Å². The van der Waals surface area contributed by atoms with Crippen molar-refractivity contribution >= 4 is 0 Å². The highest BCUT2D eigenvalue weighted by molar-refractivity contribution is 5.40. The van der Waals surface area contributed by atoms with E-state index in [0.29, 0.717) is 6.10 Å². The molecule has 2 aliphatic rings. The highest BCUT2D eigenvalue weighted by atomic mass is 19.1. The summed E-state index contributed by atoms with van der Waals surface area (Å²) in [4.78, 5) is 0. The molecule has 1 aromatic carbocycles. The minimum absolute atomic E-state index is 0.128. The van der Waals surface area contributed by atoms with E-state index < -0.39 is 0 Å². The van der Waals surface area contributed by atoms with Gasteiger partial charge in [-0.1, -0.05) is 6.92 Å². The molecular weight excluding hydrogens is 257 g/mol. The van der Waals surface area contributed by atoms with Crippen molar-refractivity contribution in [1.29, 1.82) is 0 Å². The molecule has 1 aromatic rings. The lowest BCUT2D eigenvalue weighted by atomic mass is 9.71. The largest absolute Gasteiger partial charge is 0.487 e. The zero-order valence-electron chi connectivity index (χ0n) is 12.1. The summed E-state index contributed by atoms with van der Waals surface area (Å²) in [5.41, 5.74) is 0.821. The van der Waals surface area contributed by atoms with E-state index in [-0.39, 0.29) is 17.5 Å². The van der Waals surface area contributed by atoms with E-state index in [9.17, 15) is 4.39 Å². The quantitative estimate of drug-likeness (QED) is 0.918. The van der Waals surface area contributed by atoms with Crippen molar-refractivity contribution in [2.75, 3.05) is 13.7 Å². The molecule has 0 bridgehead atoms. The topological polar surface area (TPSA) is 30.5 Å². The molecule has 0 amide bonds. The number of hydrogen-bond acceptors (Lipinski definition) is 3. The van der Waals surface area contributed by atoms with Gasteiger partial charge in [-0.2, -0.15) is 0 Å². The molecule has 0 aromatic heterocycles. The normalized spacial score (nSPS) is 31.6. The Morgan fingerprint density at radius 2 is 2.20 bits per heavy atom. The molecule has 3 nitrogen and oxygen atoms in total. The van der Waals surface area contributed by atoms with Gasteiger partial charge in [-0.3, -0.25) is 0 Å². The van der Waals surface area contributed by atoms with Gasteiger partial charge in [-0.25, -0.2) is 4.39 Å². The highest BCUT2D eigenvalue weighted by Crippen LogP contribution is 2.49. The minimum Gasteiger partial charge on any atom is -0.487 e. The fraction of sp³-hybridized carbons (Fsp3) is 0.625. The van der Waals surface area contributed by atoms with E-state index in [0.717, 1.165) is 43.5 Å². The molecule has 4 heteroatoms. The van der Waals surface area contributed by atoms with Crippen LogP contribution < -0.4 is 10.1 Å². The molecule has 1 atom stereocenters. The number of halogens is 1. The second-order valence-electron chi connectivity index (χ2n) is 5.94. The zero-order chi connectivity index (χ0) is 14.2. The molecule has 1 fully saturated rings. The summed E-state index contributed by atoms with van der Waals surface area (Å²) < 4.78 is 25.0. The molecule has 3 rings (SSSR count). The van der Waals surface area contributed by atoms with Gasteiger partial charge in [0.15, 0.2) is 0 Å². The predicted octanol–water partition coefficient (Wildman–Crippen LogP) is 3.20. The molecule has 1 saturated carbocycles. The Hall–Kier alpha value is -1.13. The number of fused-ring (bicyclic) bond motifs is 1. The summed E-state index contributed by atoms with van der Waals surface area (Å²) in [7, 11) is 1.75. The van der Waals surface area contributed by atoms with E-state index in [1.54, 1.807) is 19.2 Å². The maximum Gasteiger partial charge on any atom is 0.125 e. The standard InChI is InChI=1S/C16H22FNO2/c1-3-6-18-14-10-16(8-12(9-16)19-2)20-15-5-4-11(17)7-13(14)15/h4-5,7,12,14,18H,3,6,8-10H2,1-2H3. The maximum atomic E-state index is 13.5. The van der Waals surface area contributed by atoms with Crippen molar-refractivity contribution in [2.24, 2.45) is 0 Å². The molecule has 1 aliphatic carbocycles. The van der Waals surface area contributed by atoms with Crippen molar-refractivity contribution in [1.82, 2.24) is 5.32 Å². The molecule has 1 aliphatic heterocycles. The summed E-state index contributed by atoms with van der Waals surface area (Å²) in [6.07, 6.45) is 4.10. The third-order valence-corrected chi connectivity index (χ3v) is 4.42. The Labute approximate surface area is 119 Å². The summed E-state index contributed by atoms with van der Waals surface area (Å²) in [6.45, 7) is 3.07. The molecule has 1 N–H and O–H groups in total. The number of methoxy groups -OCH3 is 1. The van der Waals surface area contributed by atoms with Crippen molar-refractivity contribution in [2.45, 2.75) is 50.4 Å². The van der Waals surface area contributed by atoms with Gasteiger partial charge in [0.2, 0.25) is 0 Å². The van der Waals surface area contributed by atoms with Gasteiger partial charge in [0.25, 0.3) is 0 Å². The SMILES string of the molecule is CCCNC1CC2(CC(OC)C2)Oc2ccc(F)cc21. The molecule has 20 heavy (non-hydrogen) atoms.